The molecule has 0 aliphatic heterocycles. The Morgan fingerprint density at radius 1 is 1.04 bits per heavy atom. The van der Waals surface area contributed by atoms with Gasteiger partial charge in [0, 0.05) is 23.5 Å². The molecule has 1 saturated carbocycles. The van der Waals surface area contributed by atoms with Gasteiger partial charge in [-0.1, -0.05) is 0 Å². The third kappa shape index (κ3) is 4.98. The van der Waals surface area contributed by atoms with Crippen molar-refractivity contribution in [3.8, 4) is 6.01 Å². The molecule has 0 atom stereocenters. The maximum atomic E-state index is 13.8. The predicted molar refractivity (Wildman–Crippen MR) is 94.9 cm³/mol. The van der Waals surface area contributed by atoms with Gasteiger partial charge in [0.1, 0.15) is 22.6 Å². The van der Waals surface area contributed by atoms with E-state index in [1.165, 1.54) is 0 Å². The van der Waals surface area contributed by atoms with Crippen LogP contribution in [0.3, 0.4) is 0 Å². The van der Waals surface area contributed by atoms with Crippen LogP contribution in [0.4, 0.5) is 8.78 Å². The van der Waals surface area contributed by atoms with Crippen molar-refractivity contribution in [3.63, 3.8) is 0 Å². The minimum atomic E-state index is -4.05. The molecule has 27 heavy (non-hydrogen) atoms. The monoisotopic (exact) mass is 397 g/mol. The van der Waals surface area contributed by atoms with Crippen LogP contribution in [-0.4, -0.2) is 30.5 Å². The van der Waals surface area contributed by atoms with Crippen LogP contribution < -0.4 is 9.46 Å². The smallest absolute Gasteiger partial charge is 0.317 e. The van der Waals surface area contributed by atoms with Crippen molar-refractivity contribution in [2.45, 2.75) is 56.6 Å². The highest BCUT2D eigenvalue weighted by Gasteiger charge is 2.28. The Morgan fingerprint density at radius 2 is 1.67 bits per heavy atom. The number of aromatic nitrogens is 2. The SMILES string of the molecule is Cc1cc(C)nc(OC2CCC(NS(=O)(=O)c3ccc(F)cc3F)CC2)n1. The van der Waals surface area contributed by atoms with Gasteiger partial charge in [-0.2, -0.15) is 0 Å². The van der Waals surface area contributed by atoms with Gasteiger partial charge >= 0.3 is 6.01 Å². The second-order valence-corrected chi connectivity index (χ2v) is 8.40. The summed E-state index contributed by atoms with van der Waals surface area (Å²) in [6, 6.07) is 4.26. The molecule has 1 N–H and O–H groups in total. The fourth-order valence-electron chi connectivity index (χ4n) is 3.17. The summed E-state index contributed by atoms with van der Waals surface area (Å²) >= 11 is 0. The van der Waals surface area contributed by atoms with Crippen LogP contribution in [0.25, 0.3) is 0 Å². The molecule has 0 amide bonds. The number of nitrogens with zero attached hydrogens (tertiary/aromatic N) is 2. The lowest BCUT2D eigenvalue weighted by molar-refractivity contribution is 0.131. The summed E-state index contributed by atoms with van der Waals surface area (Å²) in [5, 5.41) is 0. The van der Waals surface area contributed by atoms with Crippen LogP contribution in [0.15, 0.2) is 29.2 Å². The van der Waals surface area contributed by atoms with Crippen molar-refractivity contribution >= 4 is 10.0 Å². The lowest BCUT2D eigenvalue weighted by atomic mass is 9.94. The fourth-order valence-corrected chi connectivity index (χ4v) is 4.53. The molecule has 1 aliphatic rings. The van der Waals surface area contributed by atoms with E-state index in [-0.39, 0.29) is 12.1 Å². The van der Waals surface area contributed by atoms with Crippen molar-refractivity contribution in [1.82, 2.24) is 14.7 Å². The number of hydrogen-bond acceptors (Lipinski definition) is 5. The second-order valence-electron chi connectivity index (χ2n) is 6.72. The number of ether oxygens (including phenoxy) is 1. The molecule has 9 heteroatoms. The number of benzene rings is 1. The first kappa shape index (κ1) is 19.6. The molecule has 0 unspecified atom stereocenters. The summed E-state index contributed by atoms with van der Waals surface area (Å²) in [6.45, 7) is 3.73. The van der Waals surface area contributed by atoms with Gasteiger partial charge in [0.15, 0.2) is 0 Å². The van der Waals surface area contributed by atoms with E-state index >= 15 is 0 Å². The molecule has 1 heterocycles. The molecule has 0 saturated heterocycles. The van der Waals surface area contributed by atoms with Crippen molar-refractivity contribution in [2.75, 3.05) is 0 Å². The molecule has 6 nitrogen and oxygen atoms in total. The summed E-state index contributed by atoms with van der Waals surface area (Å²) in [7, 11) is -4.05. The largest absolute Gasteiger partial charge is 0.460 e. The Hall–Kier alpha value is -2.13. The normalized spacial score (nSPS) is 20.4. The highest BCUT2D eigenvalue weighted by Crippen LogP contribution is 2.24. The van der Waals surface area contributed by atoms with Crippen LogP contribution in [0.2, 0.25) is 0 Å². The number of nitrogens with one attached hydrogen (secondary N) is 1. The van der Waals surface area contributed by atoms with Gasteiger partial charge in [-0.05, 0) is 57.7 Å². The standard InChI is InChI=1S/C18H21F2N3O3S/c1-11-9-12(2)22-18(21-11)26-15-6-4-14(5-7-15)23-27(24,25)17-8-3-13(19)10-16(17)20/h3,8-10,14-15,23H,4-7H2,1-2H3. The zero-order valence-corrected chi connectivity index (χ0v) is 15.9. The van der Waals surface area contributed by atoms with Gasteiger partial charge in [-0.15, -0.1) is 0 Å². The first-order valence-electron chi connectivity index (χ1n) is 8.69. The molecule has 1 fully saturated rings. The lowest BCUT2D eigenvalue weighted by Crippen LogP contribution is -2.40. The van der Waals surface area contributed by atoms with Crippen molar-refractivity contribution in [2.24, 2.45) is 0 Å². The molecule has 1 aromatic heterocycles. The van der Waals surface area contributed by atoms with E-state index in [9.17, 15) is 17.2 Å². The molecular formula is C18H21F2N3O3S. The third-order valence-electron chi connectivity index (χ3n) is 4.41. The molecule has 1 aromatic carbocycles. The van der Waals surface area contributed by atoms with E-state index in [1.807, 2.05) is 19.9 Å². The van der Waals surface area contributed by atoms with Gasteiger partial charge in [0.05, 0.1) is 0 Å². The van der Waals surface area contributed by atoms with Gasteiger partial charge in [0.2, 0.25) is 10.0 Å². The van der Waals surface area contributed by atoms with Gasteiger partial charge in [-0.25, -0.2) is 31.9 Å². The van der Waals surface area contributed by atoms with E-state index in [0.717, 1.165) is 23.5 Å². The van der Waals surface area contributed by atoms with Gasteiger partial charge in [-0.3, -0.25) is 0 Å². The Kier molecular flexibility index (Phi) is 5.71. The third-order valence-corrected chi connectivity index (χ3v) is 5.97. The highest BCUT2D eigenvalue weighted by atomic mass is 32.2. The quantitative estimate of drug-likeness (QED) is 0.839. The molecule has 0 bridgehead atoms. The summed E-state index contributed by atoms with van der Waals surface area (Å²) in [5.74, 6) is -1.93. The summed E-state index contributed by atoms with van der Waals surface area (Å²) in [5.41, 5.74) is 1.64. The summed E-state index contributed by atoms with van der Waals surface area (Å²) in [4.78, 5) is 7.94. The lowest BCUT2D eigenvalue weighted by Gasteiger charge is -2.28. The van der Waals surface area contributed by atoms with Crippen LogP contribution in [0, 0.1) is 25.5 Å². The molecular weight excluding hydrogens is 376 g/mol. The zero-order valence-electron chi connectivity index (χ0n) is 15.1. The van der Waals surface area contributed by atoms with E-state index in [1.54, 1.807) is 0 Å². The maximum absolute atomic E-state index is 13.8. The van der Waals surface area contributed by atoms with E-state index < -0.39 is 26.6 Å². The molecule has 0 spiro atoms. The van der Waals surface area contributed by atoms with Crippen LogP contribution in [-0.2, 0) is 10.0 Å². The number of sulfonamides is 1. The Labute approximate surface area is 157 Å². The topological polar surface area (TPSA) is 81.2 Å². The number of aryl methyl sites for hydroxylation is 2. The maximum Gasteiger partial charge on any atom is 0.317 e. The van der Waals surface area contributed by atoms with Crippen LogP contribution >= 0.6 is 0 Å². The first-order chi connectivity index (χ1) is 12.7. The van der Waals surface area contributed by atoms with Crippen molar-refractivity contribution < 1.29 is 21.9 Å². The zero-order chi connectivity index (χ0) is 19.6. The Balaban J connectivity index is 1.59. The van der Waals surface area contributed by atoms with Crippen LogP contribution in [0.1, 0.15) is 37.1 Å². The van der Waals surface area contributed by atoms with E-state index in [2.05, 4.69) is 14.7 Å². The predicted octanol–water partition coefficient (Wildman–Crippen LogP) is 3.04. The minimum absolute atomic E-state index is 0.102. The molecule has 1 aliphatic carbocycles. The van der Waals surface area contributed by atoms with Crippen molar-refractivity contribution in [1.29, 1.82) is 0 Å². The number of halogens is 2. The number of hydrogen-bond donors (Lipinski definition) is 1. The van der Waals surface area contributed by atoms with Crippen molar-refractivity contribution in [3.05, 3.63) is 47.3 Å². The molecule has 2 aromatic rings. The minimum Gasteiger partial charge on any atom is -0.460 e. The summed E-state index contributed by atoms with van der Waals surface area (Å²) in [6.07, 6.45) is 2.22. The van der Waals surface area contributed by atoms with E-state index in [4.69, 9.17) is 4.74 Å². The van der Waals surface area contributed by atoms with E-state index in [0.29, 0.717) is 37.8 Å². The average Bonchev–Trinajstić information content (AvgIpc) is 2.55. The number of rotatable bonds is 5. The average molecular weight is 397 g/mol. The second kappa shape index (κ2) is 7.85. The highest BCUT2D eigenvalue weighted by molar-refractivity contribution is 7.89. The molecule has 3 rings (SSSR count). The first-order valence-corrected chi connectivity index (χ1v) is 10.2. The van der Waals surface area contributed by atoms with Gasteiger partial charge < -0.3 is 4.74 Å². The Morgan fingerprint density at radius 3 is 2.26 bits per heavy atom. The van der Waals surface area contributed by atoms with Gasteiger partial charge in [0.25, 0.3) is 0 Å². The van der Waals surface area contributed by atoms with Crippen LogP contribution in [0.5, 0.6) is 6.01 Å². The Bertz CT molecular complexity index is 909. The fraction of sp³-hybridized carbons (Fsp3) is 0.444. The molecule has 0 radical (unpaired) electrons. The molecule has 146 valence electrons. The summed E-state index contributed by atoms with van der Waals surface area (Å²) < 4.78 is 59.8.